The number of piperidine rings is 2. The van der Waals surface area contributed by atoms with Crippen LogP contribution in [0.2, 0.25) is 0 Å². The number of allylic oxidation sites excluding steroid dienone is 2. The van der Waals surface area contributed by atoms with Crippen molar-refractivity contribution in [1.82, 2.24) is 14.9 Å². The first-order valence-corrected chi connectivity index (χ1v) is 15.2. The maximum atomic E-state index is 16.0. The van der Waals surface area contributed by atoms with Crippen LogP contribution in [0, 0.1) is 11.7 Å². The Bertz CT molecular complexity index is 1480. The molecule has 224 valence electrons. The molecule has 3 aliphatic heterocycles. The first kappa shape index (κ1) is 28.6. The van der Waals surface area contributed by atoms with Gasteiger partial charge in [0.15, 0.2) is 5.78 Å². The predicted molar refractivity (Wildman–Crippen MR) is 159 cm³/mol. The largest absolute Gasteiger partial charge is 0.387 e. The molecule has 0 bridgehead atoms. The van der Waals surface area contributed by atoms with Gasteiger partial charge in [0, 0.05) is 45.3 Å². The zero-order chi connectivity index (χ0) is 29.6. The van der Waals surface area contributed by atoms with Gasteiger partial charge in [0.05, 0.1) is 11.0 Å². The van der Waals surface area contributed by atoms with Crippen molar-refractivity contribution in [3.8, 4) is 0 Å². The monoisotopic (exact) mass is 577 g/mol. The van der Waals surface area contributed by atoms with Crippen LogP contribution in [0.5, 0.6) is 0 Å². The van der Waals surface area contributed by atoms with Crippen molar-refractivity contribution in [2.45, 2.75) is 63.7 Å². The minimum absolute atomic E-state index is 0.0467. The van der Waals surface area contributed by atoms with Gasteiger partial charge in [-0.1, -0.05) is 6.07 Å². The van der Waals surface area contributed by atoms with Crippen LogP contribution < -0.4 is 15.4 Å². The van der Waals surface area contributed by atoms with E-state index >= 15 is 4.39 Å². The molecule has 4 heterocycles. The third-order valence-electron chi connectivity index (χ3n) is 10.00. The molecule has 0 unspecified atom stereocenters. The summed E-state index contributed by atoms with van der Waals surface area (Å²) in [5.74, 6) is 1.10. The average Bonchev–Trinajstić information content (AvgIpc) is 2.99. The van der Waals surface area contributed by atoms with E-state index in [0.717, 1.165) is 66.7 Å². The summed E-state index contributed by atoms with van der Waals surface area (Å²) in [5.41, 5.74) is 2.74. The number of nitrogens with one attached hydrogen (secondary N) is 1. The van der Waals surface area contributed by atoms with Crippen molar-refractivity contribution >= 4 is 29.0 Å². The van der Waals surface area contributed by atoms with E-state index in [-0.39, 0.29) is 23.1 Å². The number of carbonyl (C=O) groups excluding carboxylic acids is 2. The number of halogens is 1. The van der Waals surface area contributed by atoms with Crippen molar-refractivity contribution in [3.63, 3.8) is 0 Å². The molecule has 1 spiro atoms. The van der Waals surface area contributed by atoms with Crippen molar-refractivity contribution in [3.05, 3.63) is 56.6 Å². The minimum atomic E-state index is -0.925. The second-order valence-corrected chi connectivity index (χ2v) is 12.5. The van der Waals surface area contributed by atoms with Gasteiger partial charge in [-0.25, -0.2) is 4.39 Å². The number of fused-ring (bicyclic) bond motifs is 3. The average molecular weight is 578 g/mol. The van der Waals surface area contributed by atoms with Crippen LogP contribution in [-0.2, 0) is 27.8 Å². The second kappa shape index (κ2) is 11.3. The Morgan fingerprint density at radius 1 is 1.14 bits per heavy atom. The number of nitrogens with zero attached hydrogens (tertiary/aromatic N) is 4. The van der Waals surface area contributed by atoms with Gasteiger partial charge in [0.25, 0.3) is 5.56 Å². The van der Waals surface area contributed by atoms with Gasteiger partial charge in [0.2, 0.25) is 11.9 Å². The number of aryl methyl sites for hydroxylation is 1. The van der Waals surface area contributed by atoms with Crippen LogP contribution in [0.15, 0.2) is 23.0 Å². The summed E-state index contributed by atoms with van der Waals surface area (Å²) in [6.07, 6.45) is 7.62. The van der Waals surface area contributed by atoms with Crippen LogP contribution in [0.1, 0.15) is 67.7 Å². The van der Waals surface area contributed by atoms with Crippen LogP contribution in [0.3, 0.4) is 0 Å². The van der Waals surface area contributed by atoms with Gasteiger partial charge in [-0.2, -0.15) is 4.98 Å². The number of carbonyl (C=O) groups is 2. The zero-order valence-corrected chi connectivity index (χ0v) is 24.5. The molecule has 0 saturated carbocycles. The van der Waals surface area contributed by atoms with E-state index in [1.165, 1.54) is 0 Å². The van der Waals surface area contributed by atoms with Gasteiger partial charge >= 0.3 is 0 Å². The first-order valence-electron chi connectivity index (χ1n) is 15.2. The number of likely N-dealkylation sites (tertiary alicyclic amines) is 1. The van der Waals surface area contributed by atoms with E-state index < -0.39 is 12.0 Å². The van der Waals surface area contributed by atoms with Gasteiger partial charge in [0.1, 0.15) is 18.2 Å². The normalized spacial score (nSPS) is 20.4. The Morgan fingerprint density at radius 3 is 2.60 bits per heavy atom. The molecule has 9 nitrogen and oxygen atoms in total. The van der Waals surface area contributed by atoms with Crippen LogP contribution in [0.25, 0.3) is 5.57 Å². The number of aromatic nitrogens is 2. The zero-order valence-electron chi connectivity index (χ0n) is 24.5. The van der Waals surface area contributed by atoms with Gasteiger partial charge in [-0.15, -0.1) is 0 Å². The number of aliphatic hydroxyl groups is 1. The first-order chi connectivity index (χ1) is 20.2. The molecule has 1 aromatic carbocycles. The highest BCUT2D eigenvalue weighted by Gasteiger charge is 2.47. The number of aromatic amines is 1. The maximum absolute atomic E-state index is 16.0. The van der Waals surface area contributed by atoms with E-state index in [9.17, 15) is 14.4 Å². The van der Waals surface area contributed by atoms with E-state index in [0.29, 0.717) is 62.9 Å². The van der Waals surface area contributed by atoms with Crippen molar-refractivity contribution in [2.75, 3.05) is 56.2 Å². The number of H-pyrrole nitrogens is 1. The molecule has 2 saturated heterocycles. The Balaban J connectivity index is 1.19. The van der Waals surface area contributed by atoms with Crippen LogP contribution >= 0.6 is 0 Å². The summed E-state index contributed by atoms with van der Waals surface area (Å²) in [6, 6.07) is 3.68. The second-order valence-electron chi connectivity index (χ2n) is 12.5. The molecule has 2 aromatic rings. The maximum Gasteiger partial charge on any atom is 0.257 e. The Kier molecular flexibility index (Phi) is 7.68. The molecule has 2 N–H and O–H groups in total. The highest BCUT2D eigenvalue weighted by molar-refractivity contribution is 6.08. The quantitative estimate of drug-likeness (QED) is 0.562. The molecule has 2 fully saturated rings. The molecule has 4 aliphatic rings. The topological polar surface area (TPSA) is 110 Å². The van der Waals surface area contributed by atoms with Crippen molar-refractivity contribution in [2.24, 2.45) is 5.92 Å². The van der Waals surface area contributed by atoms with E-state index in [4.69, 9.17) is 10.1 Å². The molecule has 6 rings (SSSR count). The summed E-state index contributed by atoms with van der Waals surface area (Å²) in [7, 11) is 1.95. The van der Waals surface area contributed by atoms with Gasteiger partial charge in [-0.05, 0) is 93.1 Å². The fraction of sp³-hybridized carbons (Fsp3) is 0.562. The van der Waals surface area contributed by atoms with Crippen LogP contribution in [-0.4, -0.2) is 78.0 Å². The SMILES string of the molecule is CC1=CC(=O)C2(CCN(c3nc4c(c(=O)[nH]3)CCCN4C)CC2)c2c(F)cc(CCC3CCN(C(=O)CO)CC3)cc21. The van der Waals surface area contributed by atoms with E-state index in [1.807, 2.05) is 23.8 Å². The molecule has 1 aromatic heterocycles. The van der Waals surface area contributed by atoms with Crippen molar-refractivity contribution in [1.29, 1.82) is 0 Å². The lowest BCUT2D eigenvalue weighted by Crippen LogP contribution is -2.49. The molecular formula is C32H40FN5O4. The summed E-state index contributed by atoms with van der Waals surface area (Å²) in [6.45, 7) is 4.57. The smallest absolute Gasteiger partial charge is 0.257 e. The van der Waals surface area contributed by atoms with Crippen LogP contribution in [0.4, 0.5) is 16.2 Å². The number of aliphatic hydroxyl groups excluding tert-OH is 1. The van der Waals surface area contributed by atoms with E-state index in [2.05, 4.69) is 11.1 Å². The third-order valence-corrected chi connectivity index (χ3v) is 10.00. The number of hydrogen-bond donors (Lipinski definition) is 2. The molecule has 1 aliphatic carbocycles. The van der Waals surface area contributed by atoms with Gasteiger partial charge in [-0.3, -0.25) is 19.4 Å². The summed E-state index contributed by atoms with van der Waals surface area (Å²) in [5, 5.41) is 9.11. The standard InChI is InChI=1S/C32H40FN5O4/c1-20-16-26(40)32(9-14-38(15-10-32)31-34-29-23(30(42)35-31)4-3-11-36(29)2)28-24(20)17-22(18-25(28)33)6-5-21-7-12-37(13-8-21)27(41)19-39/h16-18,21,39H,3-15,19H2,1-2H3,(H,34,35,42). The number of rotatable bonds is 5. The highest BCUT2D eigenvalue weighted by Crippen LogP contribution is 2.46. The minimum Gasteiger partial charge on any atom is -0.387 e. The Labute approximate surface area is 245 Å². The summed E-state index contributed by atoms with van der Waals surface area (Å²) < 4.78 is 16.0. The summed E-state index contributed by atoms with van der Waals surface area (Å²) >= 11 is 0. The predicted octanol–water partition coefficient (Wildman–Crippen LogP) is 2.98. The van der Waals surface area contributed by atoms with E-state index in [1.54, 1.807) is 17.0 Å². The summed E-state index contributed by atoms with van der Waals surface area (Å²) in [4.78, 5) is 51.6. The Hall–Kier alpha value is -3.53. The number of ketones is 1. The number of anilines is 2. The van der Waals surface area contributed by atoms with Crippen molar-refractivity contribution < 1.29 is 19.1 Å². The van der Waals surface area contributed by atoms with Gasteiger partial charge < -0.3 is 19.8 Å². The molecule has 10 heteroatoms. The molecule has 1 amide bonds. The molecular weight excluding hydrogens is 537 g/mol. The fourth-order valence-electron chi connectivity index (χ4n) is 7.44. The molecule has 0 radical (unpaired) electrons. The number of amides is 1. The fourth-order valence-corrected chi connectivity index (χ4v) is 7.44. The lowest BCUT2D eigenvalue weighted by molar-refractivity contribution is -0.135. The highest BCUT2D eigenvalue weighted by atomic mass is 19.1. The number of benzene rings is 1. The number of hydrogen-bond acceptors (Lipinski definition) is 7. The lowest BCUT2D eigenvalue weighted by atomic mass is 9.64. The Morgan fingerprint density at radius 2 is 1.88 bits per heavy atom. The third kappa shape index (κ3) is 5.03. The molecule has 42 heavy (non-hydrogen) atoms. The molecule has 0 atom stereocenters. The lowest BCUT2D eigenvalue weighted by Gasteiger charge is -2.43.